The number of amides is 3. The van der Waals surface area contributed by atoms with E-state index >= 15 is 0 Å². The Morgan fingerprint density at radius 2 is 1.85 bits per heavy atom. The number of unbranched alkanes of at least 4 members (excludes halogenated alkanes) is 2. The van der Waals surface area contributed by atoms with Crippen molar-refractivity contribution < 1.29 is 24.2 Å². The van der Waals surface area contributed by atoms with Crippen molar-refractivity contribution in [3.05, 3.63) is 0 Å². The first-order chi connectivity index (χ1) is 9.38. The Kier molecular flexibility index (Phi) is 9.36. The lowest BCUT2D eigenvalue weighted by Gasteiger charge is -2.26. The van der Waals surface area contributed by atoms with Crippen molar-refractivity contribution in [2.24, 2.45) is 0 Å². The molecule has 0 aromatic rings. The number of carboxylic acids is 1. The van der Waals surface area contributed by atoms with Gasteiger partial charge in [-0.3, -0.25) is 10.1 Å². The molecule has 3 amide bonds. The van der Waals surface area contributed by atoms with Gasteiger partial charge in [0.15, 0.2) is 0 Å². The molecule has 0 aliphatic carbocycles. The second kappa shape index (κ2) is 10.2. The largest absolute Gasteiger partial charge is 0.480 e. The molecule has 116 valence electrons. The number of rotatable bonds is 9. The Labute approximate surface area is 119 Å². The summed E-state index contributed by atoms with van der Waals surface area (Å²) in [5.41, 5.74) is 0. The van der Waals surface area contributed by atoms with Gasteiger partial charge in [-0.2, -0.15) is 0 Å². The summed E-state index contributed by atoms with van der Waals surface area (Å²) in [6.07, 6.45) is 2.95. The summed E-state index contributed by atoms with van der Waals surface area (Å²) in [5, 5.41) is 10.5. The molecule has 0 aliphatic heterocycles. The van der Waals surface area contributed by atoms with Gasteiger partial charge in [0, 0.05) is 12.6 Å². The summed E-state index contributed by atoms with van der Waals surface area (Å²) in [7, 11) is 0. The van der Waals surface area contributed by atoms with Gasteiger partial charge in [0.1, 0.15) is 13.2 Å². The van der Waals surface area contributed by atoms with E-state index < -0.39 is 31.1 Å². The summed E-state index contributed by atoms with van der Waals surface area (Å²) in [4.78, 5) is 35.1. The van der Waals surface area contributed by atoms with E-state index in [1.165, 1.54) is 0 Å². The van der Waals surface area contributed by atoms with Crippen molar-refractivity contribution in [3.63, 3.8) is 0 Å². The smallest absolute Gasteiger partial charge is 0.329 e. The molecule has 2 N–H and O–H groups in total. The highest BCUT2D eigenvalue weighted by Gasteiger charge is 2.18. The SMILES string of the molecule is CCCCCN(C(=O)NC(=O)COCC(=O)O)C(C)C. The number of carboxylic acid groups (broad SMARTS) is 1. The van der Waals surface area contributed by atoms with Crippen LogP contribution in [0.5, 0.6) is 0 Å². The molecule has 0 aromatic carbocycles. The Balaban J connectivity index is 4.17. The third kappa shape index (κ3) is 8.47. The molecule has 20 heavy (non-hydrogen) atoms. The highest BCUT2D eigenvalue weighted by molar-refractivity contribution is 5.95. The van der Waals surface area contributed by atoms with Crippen LogP contribution in [0.2, 0.25) is 0 Å². The fourth-order valence-electron chi connectivity index (χ4n) is 1.58. The second-order valence-electron chi connectivity index (χ2n) is 4.73. The van der Waals surface area contributed by atoms with E-state index in [-0.39, 0.29) is 6.04 Å². The van der Waals surface area contributed by atoms with Crippen molar-refractivity contribution in [2.75, 3.05) is 19.8 Å². The molecular formula is C13H24N2O5. The summed E-state index contributed by atoms with van der Waals surface area (Å²) < 4.78 is 4.61. The van der Waals surface area contributed by atoms with Gasteiger partial charge in [-0.25, -0.2) is 9.59 Å². The van der Waals surface area contributed by atoms with Gasteiger partial charge in [-0.05, 0) is 20.3 Å². The maximum absolute atomic E-state index is 11.9. The van der Waals surface area contributed by atoms with E-state index in [9.17, 15) is 14.4 Å². The molecule has 0 radical (unpaired) electrons. The van der Waals surface area contributed by atoms with Crippen LogP contribution in [0, 0.1) is 0 Å². The quantitative estimate of drug-likeness (QED) is 0.622. The van der Waals surface area contributed by atoms with Gasteiger partial charge in [-0.15, -0.1) is 0 Å². The zero-order chi connectivity index (χ0) is 15.5. The van der Waals surface area contributed by atoms with Gasteiger partial charge >= 0.3 is 12.0 Å². The minimum atomic E-state index is -1.16. The maximum atomic E-state index is 11.9. The first-order valence-corrected chi connectivity index (χ1v) is 6.78. The van der Waals surface area contributed by atoms with Crippen molar-refractivity contribution in [2.45, 2.75) is 46.1 Å². The number of ether oxygens (including phenoxy) is 1. The summed E-state index contributed by atoms with van der Waals surface area (Å²) >= 11 is 0. The van der Waals surface area contributed by atoms with Crippen LogP contribution in [0.4, 0.5) is 4.79 Å². The molecule has 0 fully saturated rings. The summed E-state index contributed by atoms with van der Waals surface area (Å²) in [5.74, 6) is -1.80. The minimum Gasteiger partial charge on any atom is -0.480 e. The Bertz CT molecular complexity index is 331. The lowest BCUT2D eigenvalue weighted by Crippen LogP contribution is -2.47. The number of nitrogens with zero attached hydrogens (tertiary/aromatic N) is 1. The van der Waals surface area contributed by atoms with Crippen molar-refractivity contribution in [1.82, 2.24) is 10.2 Å². The zero-order valence-electron chi connectivity index (χ0n) is 12.3. The number of hydrogen-bond donors (Lipinski definition) is 2. The van der Waals surface area contributed by atoms with Crippen molar-refractivity contribution in [1.29, 1.82) is 0 Å². The van der Waals surface area contributed by atoms with Gasteiger partial charge in [0.05, 0.1) is 0 Å². The number of carbonyl (C=O) groups is 3. The molecule has 0 spiro atoms. The first kappa shape index (κ1) is 18.4. The van der Waals surface area contributed by atoms with Gasteiger partial charge in [-0.1, -0.05) is 19.8 Å². The van der Waals surface area contributed by atoms with Crippen LogP contribution >= 0.6 is 0 Å². The predicted molar refractivity (Wildman–Crippen MR) is 73.4 cm³/mol. The predicted octanol–water partition coefficient (Wildman–Crippen LogP) is 1.22. The van der Waals surface area contributed by atoms with Crippen LogP contribution < -0.4 is 5.32 Å². The molecule has 0 aliphatic rings. The lowest BCUT2D eigenvalue weighted by atomic mass is 10.2. The minimum absolute atomic E-state index is 0.0143. The summed E-state index contributed by atoms with van der Waals surface area (Å²) in [6, 6.07) is -0.486. The molecule has 7 nitrogen and oxygen atoms in total. The standard InChI is InChI=1S/C13H24N2O5/c1-4-5-6-7-15(10(2)3)13(19)14-11(16)8-20-9-12(17)18/h10H,4-9H2,1-3H3,(H,17,18)(H,14,16,19). The average Bonchev–Trinajstić information content (AvgIpc) is 2.33. The third-order valence-electron chi connectivity index (χ3n) is 2.59. The van der Waals surface area contributed by atoms with Crippen LogP contribution in [0.15, 0.2) is 0 Å². The van der Waals surface area contributed by atoms with Crippen LogP contribution in [-0.4, -0.2) is 53.7 Å². The number of hydrogen-bond acceptors (Lipinski definition) is 4. The Morgan fingerprint density at radius 1 is 1.20 bits per heavy atom. The van der Waals surface area contributed by atoms with Crippen LogP contribution in [0.25, 0.3) is 0 Å². The highest BCUT2D eigenvalue weighted by atomic mass is 16.5. The molecule has 0 unspecified atom stereocenters. The van der Waals surface area contributed by atoms with Gasteiger partial charge in [0.2, 0.25) is 0 Å². The van der Waals surface area contributed by atoms with E-state index in [1.807, 2.05) is 13.8 Å². The van der Waals surface area contributed by atoms with Gasteiger partial charge in [0.25, 0.3) is 5.91 Å². The van der Waals surface area contributed by atoms with E-state index in [0.29, 0.717) is 6.54 Å². The highest BCUT2D eigenvalue weighted by Crippen LogP contribution is 2.03. The third-order valence-corrected chi connectivity index (χ3v) is 2.59. The summed E-state index contributed by atoms with van der Waals surface area (Å²) in [6.45, 7) is 5.39. The average molecular weight is 288 g/mol. The molecule has 0 bridgehead atoms. The normalized spacial score (nSPS) is 10.4. The number of imide groups is 1. The number of aliphatic carboxylic acids is 1. The molecular weight excluding hydrogens is 264 g/mol. The van der Waals surface area contributed by atoms with E-state index in [1.54, 1.807) is 4.90 Å². The molecule has 0 aromatic heterocycles. The van der Waals surface area contributed by atoms with E-state index in [2.05, 4.69) is 17.0 Å². The fourth-order valence-corrected chi connectivity index (χ4v) is 1.58. The molecule has 0 saturated heterocycles. The number of urea groups is 1. The molecule has 0 atom stereocenters. The molecule has 0 saturated carbocycles. The first-order valence-electron chi connectivity index (χ1n) is 6.78. The van der Waals surface area contributed by atoms with Crippen molar-refractivity contribution >= 4 is 17.9 Å². The van der Waals surface area contributed by atoms with E-state index in [4.69, 9.17) is 5.11 Å². The Morgan fingerprint density at radius 3 is 2.35 bits per heavy atom. The molecule has 0 heterocycles. The Hall–Kier alpha value is -1.63. The van der Waals surface area contributed by atoms with Crippen LogP contribution in [-0.2, 0) is 14.3 Å². The number of nitrogens with one attached hydrogen (secondary N) is 1. The monoisotopic (exact) mass is 288 g/mol. The van der Waals surface area contributed by atoms with Crippen LogP contribution in [0.1, 0.15) is 40.0 Å². The number of carbonyl (C=O) groups excluding carboxylic acids is 2. The van der Waals surface area contributed by atoms with Crippen molar-refractivity contribution in [3.8, 4) is 0 Å². The topological polar surface area (TPSA) is 95.9 Å². The van der Waals surface area contributed by atoms with Crippen LogP contribution in [0.3, 0.4) is 0 Å². The van der Waals surface area contributed by atoms with E-state index in [0.717, 1.165) is 19.3 Å². The maximum Gasteiger partial charge on any atom is 0.329 e. The van der Waals surface area contributed by atoms with Gasteiger partial charge < -0.3 is 14.7 Å². The zero-order valence-corrected chi connectivity index (χ0v) is 12.3. The molecule has 0 rings (SSSR count). The molecule has 7 heteroatoms. The lowest BCUT2D eigenvalue weighted by molar-refractivity contribution is -0.143. The second-order valence-corrected chi connectivity index (χ2v) is 4.73. The fraction of sp³-hybridized carbons (Fsp3) is 0.769.